The van der Waals surface area contributed by atoms with Crippen LogP contribution in [0.2, 0.25) is 0 Å². The minimum Gasteiger partial charge on any atom is -0.431 e. The van der Waals surface area contributed by atoms with Crippen molar-refractivity contribution < 1.29 is 14.3 Å². The highest BCUT2D eigenvalue weighted by Gasteiger charge is 2.19. The Morgan fingerprint density at radius 3 is 2.81 bits per heavy atom. The molecule has 0 aliphatic carbocycles. The van der Waals surface area contributed by atoms with Gasteiger partial charge in [-0.1, -0.05) is 11.3 Å². The van der Waals surface area contributed by atoms with Gasteiger partial charge >= 0.3 is 6.16 Å². The highest BCUT2D eigenvalue weighted by molar-refractivity contribution is 7.22. The number of nitrogens with zero attached hydrogens (tertiary/aromatic N) is 2. The maximum Gasteiger partial charge on any atom is 0.515 e. The van der Waals surface area contributed by atoms with Gasteiger partial charge in [-0.05, 0) is 32.9 Å². The standard InChI is InChI=1S/C18H18N4O3S/c1-8(2)24-18(23)25-16-9(3)13-11(7-20-16)21-10-5-6-12-15(14(10)13)22-17(19-4)26-12/h5-8,21H,1-4H3,(H,19,22). The fourth-order valence-corrected chi connectivity index (χ4v) is 3.84. The van der Waals surface area contributed by atoms with Crippen molar-refractivity contribution in [1.29, 1.82) is 0 Å². The molecule has 0 unspecified atom stereocenters. The average molecular weight is 370 g/mol. The topological polar surface area (TPSA) is 89.1 Å². The number of carbonyl (C=O) groups is 1. The van der Waals surface area contributed by atoms with Crippen LogP contribution in [0.15, 0.2) is 18.3 Å². The third-order valence-corrected chi connectivity index (χ3v) is 5.12. The summed E-state index contributed by atoms with van der Waals surface area (Å²) < 4.78 is 11.4. The first-order valence-corrected chi connectivity index (χ1v) is 9.06. The number of benzene rings is 1. The third kappa shape index (κ3) is 2.62. The summed E-state index contributed by atoms with van der Waals surface area (Å²) in [5.74, 6) is 0.241. The van der Waals surface area contributed by atoms with Crippen molar-refractivity contribution in [3.8, 4) is 5.88 Å². The van der Waals surface area contributed by atoms with E-state index >= 15 is 0 Å². The zero-order chi connectivity index (χ0) is 18.4. The number of nitrogens with one attached hydrogen (secondary N) is 2. The monoisotopic (exact) mass is 370 g/mol. The van der Waals surface area contributed by atoms with Crippen molar-refractivity contribution in [2.24, 2.45) is 0 Å². The van der Waals surface area contributed by atoms with Crippen LogP contribution >= 0.6 is 11.3 Å². The highest BCUT2D eigenvalue weighted by atomic mass is 32.1. The number of H-pyrrole nitrogens is 1. The van der Waals surface area contributed by atoms with Gasteiger partial charge in [-0.2, -0.15) is 0 Å². The van der Waals surface area contributed by atoms with Crippen molar-refractivity contribution in [3.63, 3.8) is 0 Å². The van der Waals surface area contributed by atoms with E-state index in [0.717, 1.165) is 42.7 Å². The Bertz CT molecular complexity index is 1150. The molecular formula is C18H18N4O3S. The fourth-order valence-electron chi connectivity index (χ4n) is 3.01. The van der Waals surface area contributed by atoms with Crippen molar-refractivity contribution >= 4 is 54.6 Å². The molecule has 2 N–H and O–H groups in total. The van der Waals surface area contributed by atoms with E-state index in [1.54, 1.807) is 31.4 Å². The lowest BCUT2D eigenvalue weighted by Crippen LogP contribution is -2.16. The number of rotatable bonds is 3. The van der Waals surface area contributed by atoms with Crippen molar-refractivity contribution in [3.05, 3.63) is 23.9 Å². The molecular weight excluding hydrogens is 352 g/mol. The van der Waals surface area contributed by atoms with E-state index in [1.807, 2.05) is 26.1 Å². The number of aromatic nitrogens is 3. The Labute approximate surface area is 153 Å². The lowest BCUT2D eigenvalue weighted by Gasteiger charge is -2.09. The van der Waals surface area contributed by atoms with Gasteiger partial charge in [0.2, 0.25) is 5.88 Å². The predicted molar refractivity (Wildman–Crippen MR) is 103 cm³/mol. The summed E-state index contributed by atoms with van der Waals surface area (Å²) in [7, 11) is 1.85. The van der Waals surface area contributed by atoms with Crippen LogP contribution in [-0.2, 0) is 4.74 Å². The molecule has 3 aromatic heterocycles. The molecule has 0 bridgehead atoms. The number of pyridine rings is 1. The van der Waals surface area contributed by atoms with Gasteiger partial charge in [0.15, 0.2) is 5.13 Å². The highest BCUT2D eigenvalue weighted by Crippen LogP contribution is 2.38. The van der Waals surface area contributed by atoms with E-state index in [0.29, 0.717) is 0 Å². The van der Waals surface area contributed by atoms with E-state index in [9.17, 15) is 4.79 Å². The molecule has 0 radical (unpaired) electrons. The van der Waals surface area contributed by atoms with Gasteiger partial charge in [-0.25, -0.2) is 14.8 Å². The summed E-state index contributed by atoms with van der Waals surface area (Å²) in [6.45, 7) is 5.41. The molecule has 0 saturated heterocycles. The van der Waals surface area contributed by atoms with E-state index < -0.39 is 6.16 Å². The molecule has 8 heteroatoms. The molecule has 0 spiro atoms. The second-order valence-corrected chi connectivity index (χ2v) is 7.26. The quantitative estimate of drug-likeness (QED) is 0.512. The van der Waals surface area contributed by atoms with Gasteiger partial charge in [0.1, 0.15) is 0 Å². The minimum atomic E-state index is -0.758. The van der Waals surface area contributed by atoms with Crippen LogP contribution in [0.25, 0.3) is 32.0 Å². The smallest absolute Gasteiger partial charge is 0.431 e. The van der Waals surface area contributed by atoms with Crippen LogP contribution in [0.1, 0.15) is 19.4 Å². The van der Waals surface area contributed by atoms with Gasteiger partial charge in [0.05, 0.1) is 28.0 Å². The average Bonchev–Trinajstić information content (AvgIpc) is 3.17. The minimum absolute atomic E-state index is 0.241. The number of hydrogen-bond acceptors (Lipinski definition) is 7. The Morgan fingerprint density at radius 2 is 2.08 bits per heavy atom. The van der Waals surface area contributed by atoms with E-state index in [4.69, 9.17) is 9.47 Å². The Kier molecular flexibility index (Phi) is 3.91. The van der Waals surface area contributed by atoms with Crippen LogP contribution in [-0.4, -0.2) is 34.3 Å². The molecule has 7 nitrogen and oxygen atoms in total. The Hall–Kier alpha value is -2.87. The number of hydrogen-bond donors (Lipinski definition) is 2. The van der Waals surface area contributed by atoms with Crippen LogP contribution in [0.3, 0.4) is 0 Å². The maximum atomic E-state index is 11.9. The fraction of sp³-hybridized carbons (Fsp3) is 0.278. The molecule has 134 valence electrons. The number of carbonyl (C=O) groups excluding carboxylic acids is 1. The zero-order valence-corrected chi connectivity index (χ0v) is 15.7. The molecule has 0 atom stereocenters. The number of aromatic amines is 1. The lowest BCUT2D eigenvalue weighted by molar-refractivity contribution is 0.0714. The number of anilines is 1. The molecule has 0 fully saturated rings. The number of thiazole rings is 1. The molecule has 0 amide bonds. The van der Waals surface area contributed by atoms with E-state index in [-0.39, 0.29) is 12.0 Å². The second kappa shape index (κ2) is 6.14. The van der Waals surface area contributed by atoms with E-state index in [2.05, 4.69) is 20.3 Å². The molecule has 26 heavy (non-hydrogen) atoms. The summed E-state index contributed by atoms with van der Waals surface area (Å²) >= 11 is 1.59. The van der Waals surface area contributed by atoms with Crippen LogP contribution in [0.5, 0.6) is 5.88 Å². The normalized spacial score (nSPS) is 11.6. The van der Waals surface area contributed by atoms with E-state index in [1.165, 1.54) is 0 Å². The molecule has 3 heterocycles. The van der Waals surface area contributed by atoms with Gasteiger partial charge in [-0.15, -0.1) is 0 Å². The number of ether oxygens (including phenoxy) is 2. The molecule has 1 aromatic carbocycles. The van der Waals surface area contributed by atoms with Gasteiger partial charge < -0.3 is 19.8 Å². The van der Waals surface area contributed by atoms with Crippen molar-refractivity contribution in [2.45, 2.75) is 26.9 Å². The molecule has 0 aliphatic heterocycles. The third-order valence-electron chi connectivity index (χ3n) is 4.08. The largest absolute Gasteiger partial charge is 0.515 e. The maximum absolute atomic E-state index is 11.9. The summed E-state index contributed by atoms with van der Waals surface area (Å²) in [6.07, 6.45) is 0.651. The van der Waals surface area contributed by atoms with Crippen molar-refractivity contribution in [1.82, 2.24) is 15.0 Å². The first-order chi connectivity index (χ1) is 12.5. The van der Waals surface area contributed by atoms with Crippen LogP contribution < -0.4 is 10.1 Å². The first-order valence-electron chi connectivity index (χ1n) is 8.24. The van der Waals surface area contributed by atoms with Crippen LogP contribution in [0.4, 0.5) is 9.93 Å². The van der Waals surface area contributed by atoms with Gasteiger partial charge in [0.25, 0.3) is 0 Å². The Morgan fingerprint density at radius 1 is 1.27 bits per heavy atom. The summed E-state index contributed by atoms with van der Waals surface area (Å²) in [5.41, 5.74) is 3.51. The summed E-state index contributed by atoms with van der Waals surface area (Å²) in [6, 6.07) is 4.08. The first kappa shape index (κ1) is 16.6. The second-order valence-electron chi connectivity index (χ2n) is 6.22. The lowest BCUT2D eigenvalue weighted by atomic mass is 10.1. The van der Waals surface area contributed by atoms with Gasteiger partial charge in [0, 0.05) is 28.9 Å². The summed E-state index contributed by atoms with van der Waals surface area (Å²) in [5, 5.41) is 5.89. The molecule has 0 aliphatic rings. The van der Waals surface area contributed by atoms with Gasteiger partial charge in [-0.3, -0.25) is 0 Å². The Balaban J connectivity index is 1.93. The molecule has 0 saturated carbocycles. The molecule has 4 aromatic rings. The van der Waals surface area contributed by atoms with Crippen molar-refractivity contribution in [2.75, 3.05) is 12.4 Å². The number of aryl methyl sites for hydroxylation is 1. The SMILES string of the molecule is CNc1nc2c(ccc3[nH]c4cnc(OC(=O)OC(C)C)c(C)c4c32)s1. The molecule has 4 rings (SSSR count). The predicted octanol–water partition coefficient (Wildman–Crippen LogP) is 4.60. The number of fused-ring (bicyclic) bond motifs is 5. The summed E-state index contributed by atoms with van der Waals surface area (Å²) in [4.78, 5) is 24.2. The zero-order valence-electron chi connectivity index (χ0n) is 14.8. The van der Waals surface area contributed by atoms with Crippen LogP contribution in [0, 0.1) is 6.92 Å².